The second kappa shape index (κ2) is 13.1. The standard InChI is InChI=1S/C47H46N2S/c1-30(2)32-16-18-33(19-17-32)34-20-21-36-27-37(23-22-35(36)26-34)40-13-11-15-43-44(40)49-45(50-43)41-12-9-10-14-42(41)48-29-31-24-38(46(3,4)5)28-39(25-31)47(6,7)8/h9-30H,1-8H3. The summed E-state index contributed by atoms with van der Waals surface area (Å²) >= 11 is 1.73. The Hall–Kier alpha value is -4.86. The van der Waals surface area contributed by atoms with E-state index in [0.717, 1.165) is 32.9 Å². The van der Waals surface area contributed by atoms with E-state index >= 15 is 0 Å². The molecule has 0 unspecified atom stereocenters. The van der Waals surface area contributed by atoms with Crippen molar-refractivity contribution < 1.29 is 0 Å². The van der Waals surface area contributed by atoms with Gasteiger partial charge in [-0.15, -0.1) is 11.3 Å². The highest BCUT2D eigenvalue weighted by Crippen LogP contribution is 2.40. The number of nitrogens with zero attached hydrogens (tertiary/aromatic N) is 2. The van der Waals surface area contributed by atoms with Crippen LogP contribution in [0.3, 0.4) is 0 Å². The fraction of sp³-hybridized carbons (Fsp3) is 0.234. The smallest absolute Gasteiger partial charge is 0.126 e. The van der Waals surface area contributed by atoms with Crippen LogP contribution in [0.25, 0.3) is 53.8 Å². The van der Waals surface area contributed by atoms with Gasteiger partial charge in [0.15, 0.2) is 0 Å². The van der Waals surface area contributed by atoms with Crippen LogP contribution in [0.1, 0.15) is 83.6 Å². The predicted octanol–water partition coefficient (Wildman–Crippen LogP) is 13.9. The molecule has 2 nitrogen and oxygen atoms in total. The van der Waals surface area contributed by atoms with Gasteiger partial charge in [-0.25, -0.2) is 4.98 Å². The van der Waals surface area contributed by atoms with E-state index in [1.165, 1.54) is 48.9 Å². The molecule has 0 saturated heterocycles. The van der Waals surface area contributed by atoms with Gasteiger partial charge in [0.05, 0.1) is 15.9 Å². The summed E-state index contributed by atoms with van der Waals surface area (Å²) in [5.41, 5.74) is 13.0. The Kier molecular flexibility index (Phi) is 8.82. The first-order chi connectivity index (χ1) is 23.8. The lowest BCUT2D eigenvalue weighted by molar-refractivity contribution is 0.568. The average Bonchev–Trinajstić information content (AvgIpc) is 3.54. The van der Waals surface area contributed by atoms with Gasteiger partial charge in [0, 0.05) is 17.3 Å². The number of rotatable bonds is 6. The van der Waals surface area contributed by atoms with Crippen LogP contribution >= 0.6 is 11.3 Å². The van der Waals surface area contributed by atoms with E-state index in [4.69, 9.17) is 9.98 Å². The van der Waals surface area contributed by atoms with Crippen LogP contribution in [0.4, 0.5) is 5.69 Å². The highest BCUT2D eigenvalue weighted by Gasteiger charge is 2.20. The molecule has 0 saturated carbocycles. The van der Waals surface area contributed by atoms with Crippen LogP contribution in [0.5, 0.6) is 0 Å². The van der Waals surface area contributed by atoms with Crippen molar-refractivity contribution >= 4 is 44.2 Å². The Morgan fingerprint density at radius 2 is 1.20 bits per heavy atom. The Balaban J connectivity index is 1.22. The molecule has 0 atom stereocenters. The maximum Gasteiger partial charge on any atom is 0.126 e. The van der Waals surface area contributed by atoms with Crippen molar-refractivity contribution in [3.63, 3.8) is 0 Å². The van der Waals surface area contributed by atoms with Gasteiger partial charge in [-0.3, -0.25) is 4.99 Å². The van der Waals surface area contributed by atoms with E-state index in [2.05, 4.69) is 177 Å². The molecule has 0 aliphatic rings. The van der Waals surface area contributed by atoms with Gasteiger partial charge in [0.2, 0.25) is 0 Å². The van der Waals surface area contributed by atoms with Crippen molar-refractivity contribution in [3.05, 3.63) is 144 Å². The second-order valence-corrected chi connectivity index (χ2v) is 16.9. The molecule has 0 N–H and O–H groups in total. The Bertz CT molecular complexity index is 2330. The van der Waals surface area contributed by atoms with Crippen LogP contribution in [0.15, 0.2) is 126 Å². The van der Waals surface area contributed by atoms with Crippen LogP contribution in [0.2, 0.25) is 0 Å². The molecule has 1 heterocycles. The van der Waals surface area contributed by atoms with Gasteiger partial charge in [0.25, 0.3) is 0 Å². The molecule has 6 aromatic carbocycles. The predicted molar refractivity (Wildman–Crippen MR) is 219 cm³/mol. The molecule has 0 fully saturated rings. The molecular formula is C47H46N2S. The summed E-state index contributed by atoms with van der Waals surface area (Å²) in [6, 6.07) is 44.3. The van der Waals surface area contributed by atoms with Crippen molar-refractivity contribution in [2.45, 2.75) is 72.1 Å². The zero-order valence-electron chi connectivity index (χ0n) is 30.5. The molecule has 7 aromatic rings. The van der Waals surface area contributed by atoms with Crippen molar-refractivity contribution in [2.24, 2.45) is 4.99 Å². The maximum absolute atomic E-state index is 5.27. The SMILES string of the molecule is CC(C)c1ccc(-c2ccc3cc(-c4cccc5sc(-c6ccccc6N=Cc6cc(C(C)(C)C)cc(C(C)(C)C)c6)nc45)ccc3c2)cc1. The third-order valence-corrected chi connectivity index (χ3v) is 10.7. The molecule has 7 rings (SSSR count). The Morgan fingerprint density at radius 1 is 0.600 bits per heavy atom. The lowest BCUT2D eigenvalue weighted by Crippen LogP contribution is -2.17. The third-order valence-electron chi connectivity index (χ3n) is 9.66. The minimum Gasteiger partial charge on any atom is -0.256 e. The quantitative estimate of drug-likeness (QED) is 0.162. The first-order valence-electron chi connectivity index (χ1n) is 17.7. The number of aromatic nitrogens is 1. The highest BCUT2D eigenvalue weighted by molar-refractivity contribution is 7.21. The van der Waals surface area contributed by atoms with Crippen LogP contribution in [0, 0.1) is 0 Å². The van der Waals surface area contributed by atoms with Crippen LogP contribution in [-0.4, -0.2) is 11.2 Å². The Labute approximate surface area is 301 Å². The largest absolute Gasteiger partial charge is 0.256 e. The number of thiazole rings is 1. The van der Waals surface area contributed by atoms with E-state index in [0.29, 0.717) is 5.92 Å². The van der Waals surface area contributed by atoms with Gasteiger partial charge < -0.3 is 0 Å². The van der Waals surface area contributed by atoms with Gasteiger partial charge in [0.1, 0.15) is 5.01 Å². The number of hydrogen-bond acceptors (Lipinski definition) is 3. The van der Waals surface area contributed by atoms with Crippen molar-refractivity contribution in [1.29, 1.82) is 0 Å². The second-order valence-electron chi connectivity index (χ2n) is 15.8. The first-order valence-corrected chi connectivity index (χ1v) is 18.5. The highest BCUT2D eigenvalue weighted by atomic mass is 32.1. The molecule has 0 spiro atoms. The number of aliphatic imine (C=N–C) groups is 1. The van der Waals surface area contributed by atoms with Gasteiger partial charge in [-0.1, -0.05) is 134 Å². The molecule has 3 heteroatoms. The molecule has 0 aliphatic carbocycles. The molecule has 1 aromatic heterocycles. The van der Waals surface area contributed by atoms with Crippen molar-refractivity contribution in [3.8, 4) is 32.8 Å². The monoisotopic (exact) mass is 670 g/mol. The molecule has 250 valence electrons. The summed E-state index contributed by atoms with van der Waals surface area (Å²) < 4.78 is 1.17. The zero-order valence-corrected chi connectivity index (χ0v) is 31.3. The van der Waals surface area contributed by atoms with E-state index in [1.54, 1.807) is 11.3 Å². The molecule has 0 amide bonds. The molecule has 0 radical (unpaired) electrons. The van der Waals surface area contributed by atoms with Crippen molar-refractivity contribution in [2.75, 3.05) is 0 Å². The third kappa shape index (κ3) is 6.93. The van der Waals surface area contributed by atoms with E-state index < -0.39 is 0 Å². The Morgan fingerprint density at radius 3 is 1.86 bits per heavy atom. The van der Waals surface area contributed by atoms with Crippen molar-refractivity contribution in [1.82, 2.24) is 4.98 Å². The molecule has 0 bridgehead atoms. The zero-order chi connectivity index (χ0) is 35.2. The number of para-hydroxylation sites is 2. The fourth-order valence-corrected chi connectivity index (χ4v) is 7.48. The number of benzene rings is 6. The van der Waals surface area contributed by atoms with E-state index in [9.17, 15) is 0 Å². The van der Waals surface area contributed by atoms with E-state index in [-0.39, 0.29) is 10.8 Å². The average molecular weight is 671 g/mol. The first kappa shape index (κ1) is 33.6. The molecule has 0 aliphatic heterocycles. The van der Waals surface area contributed by atoms with Gasteiger partial charge >= 0.3 is 0 Å². The number of hydrogen-bond donors (Lipinski definition) is 0. The van der Waals surface area contributed by atoms with Crippen LogP contribution < -0.4 is 0 Å². The summed E-state index contributed by atoms with van der Waals surface area (Å²) in [5.74, 6) is 0.532. The summed E-state index contributed by atoms with van der Waals surface area (Å²) in [7, 11) is 0. The summed E-state index contributed by atoms with van der Waals surface area (Å²) in [6.07, 6.45) is 2.02. The number of fused-ring (bicyclic) bond motifs is 2. The molecular weight excluding hydrogens is 625 g/mol. The maximum atomic E-state index is 5.27. The van der Waals surface area contributed by atoms with E-state index in [1.807, 2.05) is 6.21 Å². The minimum atomic E-state index is 0.0501. The minimum absolute atomic E-state index is 0.0501. The lowest BCUT2D eigenvalue weighted by Gasteiger charge is -2.25. The fourth-order valence-electron chi connectivity index (χ4n) is 6.45. The summed E-state index contributed by atoms with van der Waals surface area (Å²) in [6.45, 7) is 18.1. The topological polar surface area (TPSA) is 25.2 Å². The van der Waals surface area contributed by atoms with Crippen LogP contribution in [-0.2, 0) is 10.8 Å². The summed E-state index contributed by atoms with van der Waals surface area (Å²) in [5, 5.41) is 3.44. The molecule has 50 heavy (non-hydrogen) atoms. The van der Waals surface area contributed by atoms with Gasteiger partial charge in [-0.05, 0) is 109 Å². The van der Waals surface area contributed by atoms with Gasteiger partial charge in [-0.2, -0.15) is 0 Å². The lowest BCUT2D eigenvalue weighted by atomic mass is 9.79. The normalized spacial score (nSPS) is 12.5. The summed E-state index contributed by atoms with van der Waals surface area (Å²) in [4.78, 5) is 10.3.